The Hall–Kier alpha value is -1.46. The van der Waals surface area contributed by atoms with E-state index in [1.807, 2.05) is 18.2 Å². The smallest absolute Gasteiger partial charge is 0.229 e. The van der Waals surface area contributed by atoms with Gasteiger partial charge in [0.05, 0.1) is 19.1 Å². The number of ether oxygens (including phenoxy) is 1. The molecule has 0 aromatic carbocycles. The molecule has 18 heavy (non-hydrogen) atoms. The molecule has 5 nitrogen and oxygen atoms in total. The lowest BCUT2D eigenvalue weighted by molar-refractivity contribution is -0.134. The van der Waals surface area contributed by atoms with Crippen molar-refractivity contribution in [3.05, 3.63) is 30.1 Å². The standard InChI is InChI=1S/C13H19N3O2/c1-16(7-5-10-4-2-3-6-15-10)13(17)11-8-18-9-12(11)14/h2-4,6,11-12H,5,7-9,14H2,1H3. The van der Waals surface area contributed by atoms with Gasteiger partial charge in [-0.2, -0.15) is 0 Å². The first kappa shape index (κ1) is 13.0. The van der Waals surface area contributed by atoms with Gasteiger partial charge >= 0.3 is 0 Å². The molecule has 1 aliphatic heterocycles. The highest BCUT2D eigenvalue weighted by Crippen LogP contribution is 2.14. The minimum atomic E-state index is -0.196. The number of hydrogen-bond donors (Lipinski definition) is 1. The topological polar surface area (TPSA) is 68.5 Å². The SMILES string of the molecule is CN(CCc1ccccn1)C(=O)C1COCC1N. The normalized spacial score (nSPS) is 23.0. The molecule has 5 heteroatoms. The largest absolute Gasteiger partial charge is 0.379 e. The maximum atomic E-state index is 12.1. The number of pyridine rings is 1. The number of nitrogens with zero attached hydrogens (tertiary/aromatic N) is 2. The van der Waals surface area contributed by atoms with Crippen LogP contribution in [0.2, 0.25) is 0 Å². The summed E-state index contributed by atoms with van der Waals surface area (Å²) in [6.45, 7) is 1.57. The Bertz CT molecular complexity index is 396. The van der Waals surface area contributed by atoms with Gasteiger partial charge < -0.3 is 15.4 Å². The Labute approximate surface area is 107 Å². The summed E-state index contributed by atoms with van der Waals surface area (Å²) in [5.41, 5.74) is 6.83. The van der Waals surface area contributed by atoms with Crippen LogP contribution in [0.5, 0.6) is 0 Å². The van der Waals surface area contributed by atoms with Gasteiger partial charge in [0.2, 0.25) is 5.91 Å². The second-order valence-electron chi connectivity index (χ2n) is 4.64. The summed E-state index contributed by atoms with van der Waals surface area (Å²) in [5, 5.41) is 0. The summed E-state index contributed by atoms with van der Waals surface area (Å²) >= 11 is 0. The van der Waals surface area contributed by atoms with Crippen LogP contribution in [-0.4, -0.2) is 48.6 Å². The third kappa shape index (κ3) is 3.05. The molecule has 0 saturated carbocycles. The van der Waals surface area contributed by atoms with E-state index in [0.29, 0.717) is 19.8 Å². The number of hydrogen-bond acceptors (Lipinski definition) is 4. The van der Waals surface area contributed by atoms with Crippen molar-refractivity contribution in [3.63, 3.8) is 0 Å². The number of likely N-dealkylation sites (N-methyl/N-ethyl adjacent to an activating group) is 1. The Kier molecular flexibility index (Phi) is 4.28. The predicted molar refractivity (Wildman–Crippen MR) is 67.9 cm³/mol. The summed E-state index contributed by atoms with van der Waals surface area (Å²) in [5.74, 6) is -0.130. The van der Waals surface area contributed by atoms with E-state index >= 15 is 0 Å². The molecule has 2 N–H and O–H groups in total. The van der Waals surface area contributed by atoms with Gasteiger partial charge in [-0.25, -0.2) is 0 Å². The highest BCUT2D eigenvalue weighted by molar-refractivity contribution is 5.79. The highest BCUT2D eigenvalue weighted by Gasteiger charge is 2.33. The summed E-state index contributed by atoms with van der Waals surface area (Å²) < 4.78 is 5.22. The van der Waals surface area contributed by atoms with Crippen LogP contribution >= 0.6 is 0 Å². The maximum absolute atomic E-state index is 12.1. The Balaban J connectivity index is 1.84. The number of nitrogens with two attached hydrogens (primary N) is 1. The van der Waals surface area contributed by atoms with Crippen LogP contribution in [-0.2, 0) is 16.0 Å². The average Bonchev–Trinajstić information content (AvgIpc) is 2.82. The third-order valence-corrected chi connectivity index (χ3v) is 3.25. The van der Waals surface area contributed by atoms with Crippen LogP contribution in [0.3, 0.4) is 0 Å². The zero-order valence-electron chi connectivity index (χ0n) is 10.6. The first-order valence-electron chi connectivity index (χ1n) is 6.16. The number of carbonyl (C=O) groups is 1. The van der Waals surface area contributed by atoms with Crippen LogP contribution in [0.25, 0.3) is 0 Å². The van der Waals surface area contributed by atoms with Gasteiger partial charge in [0.15, 0.2) is 0 Å². The van der Waals surface area contributed by atoms with Crippen LogP contribution in [0.4, 0.5) is 0 Å². The van der Waals surface area contributed by atoms with E-state index in [-0.39, 0.29) is 17.9 Å². The predicted octanol–water partition coefficient (Wildman–Crippen LogP) is 0.0562. The van der Waals surface area contributed by atoms with Crippen molar-refractivity contribution in [1.29, 1.82) is 0 Å². The molecule has 1 saturated heterocycles. The molecule has 98 valence electrons. The summed E-state index contributed by atoms with van der Waals surface area (Å²) in [6.07, 6.45) is 2.52. The summed E-state index contributed by atoms with van der Waals surface area (Å²) in [6, 6.07) is 5.62. The fraction of sp³-hybridized carbons (Fsp3) is 0.538. The lowest BCUT2D eigenvalue weighted by atomic mass is 10.0. The van der Waals surface area contributed by atoms with Gasteiger partial charge in [-0.05, 0) is 12.1 Å². The van der Waals surface area contributed by atoms with Crippen LogP contribution in [0, 0.1) is 5.92 Å². The van der Waals surface area contributed by atoms with Crippen LogP contribution < -0.4 is 5.73 Å². The van der Waals surface area contributed by atoms with Gasteiger partial charge in [0.1, 0.15) is 0 Å². The molecular formula is C13H19N3O2. The molecule has 2 heterocycles. The van der Waals surface area contributed by atoms with E-state index in [4.69, 9.17) is 10.5 Å². The minimum absolute atomic E-state index is 0.0657. The lowest BCUT2D eigenvalue weighted by Crippen LogP contribution is -2.42. The van der Waals surface area contributed by atoms with Gasteiger partial charge in [-0.15, -0.1) is 0 Å². The van der Waals surface area contributed by atoms with Crippen LogP contribution in [0.15, 0.2) is 24.4 Å². The summed E-state index contributed by atoms with van der Waals surface area (Å²) in [4.78, 5) is 18.1. The maximum Gasteiger partial charge on any atom is 0.229 e. The average molecular weight is 249 g/mol. The molecule has 2 rings (SSSR count). The lowest BCUT2D eigenvalue weighted by Gasteiger charge is -2.22. The molecule has 0 spiro atoms. The van der Waals surface area contributed by atoms with Crippen molar-refractivity contribution in [1.82, 2.24) is 9.88 Å². The minimum Gasteiger partial charge on any atom is -0.379 e. The molecule has 0 bridgehead atoms. The van der Waals surface area contributed by atoms with Gasteiger partial charge in [0.25, 0.3) is 0 Å². The Morgan fingerprint density at radius 3 is 3.00 bits per heavy atom. The van der Waals surface area contributed by atoms with E-state index in [0.717, 1.165) is 12.1 Å². The number of rotatable bonds is 4. The Morgan fingerprint density at radius 1 is 1.56 bits per heavy atom. The van der Waals surface area contributed by atoms with E-state index in [1.54, 1.807) is 18.1 Å². The van der Waals surface area contributed by atoms with E-state index < -0.39 is 0 Å². The van der Waals surface area contributed by atoms with Crippen molar-refractivity contribution < 1.29 is 9.53 Å². The zero-order valence-corrected chi connectivity index (χ0v) is 10.6. The zero-order chi connectivity index (χ0) is 13.0. The van der Waals surface area contributed by atoms with Gasteiger partial charge in [-0.3, -0.25) is 9.78 Å². The fourth-order valence-corrected chi connectivity index (χ4v) is 2.05. The fourth-order valence-electron chi connectivity index (χ4n) is 2.05. The second-order valence-corrected chi connectivity index (χ2v) is 4.64. The van der Waals surface area contributed by atoms with Crippen LogP contribution in [0.1, 0.15) is 5.69 Å². The first-order chi connectivity index (χ1) is 8.68. The number of carbonyl (C=O) groups excluding carboxylic acids is 1. The molecule has 1 aliphatic rings. The van der Waals surface area contributed by atoms with Gasteiger partial charge in [-0.1, -0.05) is 6.07 Å². The van der Waals surface area contributed by atoms with Crippen molar-refractivity contribution in [2.45, 2.75) is 12.5 Å². The highest BCUT2D eigenvalue weighted by atomic mass is 16.5. The molecule has 2 unspecified atom stereocenters. The molecular weight excluding hydrogens is 230 g/mol. The van der Waals surface area contributed by atoms with E-state index in [2.05, 4.69) is 4.98 Å². The molecule has 1 aromatic rings. The van der Waals surface area contributed by atoms with E-state index in [1.165, 1.54) is 0 Å². The van der Waals surface area contributed by atoms with Crippen molar-refractivity contribution >= 4 is 5.91 Å². The van der Waals surface area contributed by atoms with Crippen molar-refractivity contribution in [2.24, 2.45) is 11.7 Å². The molecule has 0 aliphatic carbocycles. The molecule has 1 amide bonds. The first-order valence-corrected chi connectivity index (χ1v) is 6.16. The molecule has 1 fully saturated rings. The second kappa shape index (κ2) is 5.93. The quantitative estimate of drug-likeness (QED) is 0.819. The number of aromatic nitrogens is 1. The van der Waals surface area contributed by atoms with Crippen molar-refractivity contribution in [2.75, 3.05) is 26.8 Å². The molecule has 0 radical (unpaired) electrons. The monoisotopic (exact) mass is 249 g/mol. The number of amides is 1. The molecule has 1 aromatic heterocycles. The molecule has 2 atom stereocenters. The van der Waals surface area contributed by atoms with Crippen molar-refractivity contribution in [3.8, 4) is 0 Å². The Morgan fingerprint density at radius 2 is 2.39 bits per heavy atom. The third-order valence-electron chi connectivity index (χ3n) is 3.25. The summed E-state index contributed by atoms with van der Waals surface area (Å²) in [7, 11) is 1.80. The van der Waals surface area contributed by atoms with Gasteiger partial charge in [0, 0.05) is 37.9 Å². The van der Waals surface area contributed by atoms with E-state index in [9.17, 15) is 4.79 Å².